The van der Waals surface area contributed by atoms with E-state index in [2.05, 4.69) is 15.3 Å². The Morgan fingerprint density at radius 1 is 0.500 bits per heavy atom. The van der Waals surface area contributed by atoms with E-state index in [-0.39, 0.29) is 11.3 Å². The van der Waals surface area contributed by atoms with Crippen LogP contribution in [0.5, 0.6) is 0 Å². The maximum atomic E-state index is 12.5. The van der Waals surface area contributed by atoms with E-state index in [1.54, 1.807) is 15.5 Å². The average molecular weight is 682 g/mol. The van der Waals surface area contributed by atoms with Crippen LogP contribution in [0.1, 0.15) is 11.4 Å². The normalized spacial score (nSPS) is 11.0. The van der Waals surface area contributed by atoms with Gasteiger partial charge in [0.2, 0.25) is 0 Å². The summed E-state index contributed by atoms with van der Waals surface area (Å²) in [5.41, 5.74) is 8.37. The molecule has 4 aromatic heterocycles. The van der Waals surface area contributed by atoms with Crippen molar-refractivity contribution in [2.75, 3.05) is 0 Å². The molecule has 9 heteroatoms. The van der Waals surface area contributed by atoms with Gasteiger partial charge in [0.15, 0.2) is 0 Å². The lowest BCUT2D eigenvalue weighted by molar-refractivity contribution is 0.562. The molecule has 9 nitrogen and oxygen atoms in total. The second-order valence-electron chi connectivity index (χ2n) is 12.3. The van der Waals surface area contributed by atoms with Crippen LogP contribution < -0.4 is 11.3 Å². The first-order chi connectivity index (χ1) is 25.4. The van der Waals surface area contributed by atoms with Crippen LogP contribution in [0.3, 0.4) is 0 Å². The van der Waals surface area contributed by atoms with Crippen LogP contribution in [-0.2, 0) is 0 Å². The summed E-state index contributed by atoms with van der Waals surface area (Å²) in [5.74, 6) is 0. The first-order valence-electron chi connectivity index (χ1n) is 16.7. The standard InChI is InChI=1S/C24H17N3O2.C19H14N2O2/c1-16-23(18-10-6-3-7-11-18)26-27(25-16)20-13-12-19-14-21(17-8-4-2-5-9-17)24(28)29-22(19)15-20;1-13-9-10-21(20-13)16-8-7-15-11-17(14-5-3-2-4-6-14)19(22)23-18(15)12-16/h2-15H,1H3;2-12H,1H3. The average Bonchev–Trinajstić information content (AvgIpc) is 3.80. The fraction of sp³-hybridized carbons (Fsp3) is 0.0465. The lowest BCUT2D eigenvalue weighted by atomic mass is 10.1. The van der Waals surface area contributed by atoms with Crippen molar-refractivity contribution in [3.63, 3.8) is 0 Å². The zero-order valence-electron chi connectivity index (χ0n) is 28.3. The summed E-state index contributed by atoms with van der Waals surface area (Å²) in [6.07, 6.45) is 1.88. The van der Waals surface area contributed by atoms with Gasteiger partial charge >= 0.3 is 11.3 Å². The van der Waals surface area contributed by atoms with E-state index in [9.17, 15) is 9.59 Å². The van der Waals surface area contributed by atoms with Crippen molar-refractivity contribution in [3.8, 4) is 44.9 Å². The molecule has 0 atom stereocenters. The first-order valence-corrected chi connectivity index (χ1v) is 16.7. The van der Waals surface area contributed by atoms with Crippen LogP contribution in [0.25, 0.3) is 66.8 Å². The molecule has 0 saturated heterocycles. The summed E-state index contributed by atoms with van der Waals surface area (Å²) in [6, 6.07) is 46.0. The van der Waals surface area contributed by atoms with Gasteiger partial charge in [0.25, 0.3) is 0 Å². The summed E-state index contributed by atoms with van der Waals surface area (Å²) >= 11 is 0. The predicted octanol–water partition coefficient (Wildman–Crippen LogP) is 8.97. The number of nitrogens with zero attached hydrogens (tertiary/aromatic N) is 5. The Balaban J connectivity index is 0.000000153. The number of aromatic nitrogens is 5. The largest absolute Gasteiger partial charge is 0.422 e. The fourth-order valence-corrected chi connectivity index (χ4v) is 6.02. The maximum absolute atomic E-state index is 12.5. The zero-order valence-corrected chi connectivity index (χ0v) is 28.3. The molecule has 0 amide bonds. The van der Waals surface area contributed by atoms with E-state index in [0.717, 1.165) is 55.9 Å². The second kappa shape index (κ2) is 13.6. The van der Waals surface area contributed by atoms with Gasteiger partial charge in [0.05, 0.1) is 33.9 Å². The van der Waals surface area contributed by atoms with Gasteiger partial charge in [-0.3, -0.25) is 0 Å². The minimum atomic E-state index is -0.365. The van der Waals surface area contributed by atoms with E-state index in [0.29, 0.717) is 22.3 Å². The van der Waals surface area contributed by atoms with Crippen molar-refractivity contribution in [1.29, 1.82) is 0 Å². The molecule has 0 unspecified atom stereocenters. The lowest BCUT2D eigenvalue weighted by Crippen LogP contribution is -2.04. The van der Waals surface area contributed by atoms with Crippen molar-refractivity contribution in [2.24, 2.45) is 0 Å². The molecule has 0 N–H and O–H groups in total. The highest BCUT2D eigenvalue weighted by Crippen LogP contribution is 2.26. The van der Waals surface area contributed by atoms with Crippen molar-refractivity contribution in [3.05, 3.63) is 184 Å². The third-order valence-electron chi connectivity index (χ3n) is 8.66. The Morgan fingerprint density at radius 2 is 1.00 bits per heavy atom. The second-order valence-corrected chi connectivity index (χ2v) is 12.3. The number of benzene rings is 5. The maximum Gasteiger partial charge on any atom is 0.344 e. The Bertz CT molecular complexity index is 2800. The zero-order chi connectivity index (χ0) is 35.6. The number of rotatable bonds is 5. The van der Waals surface area contributed by atoms with Crippen LogP contribution >= 0.6 is 0 Å². The quantitative estimate of drug-likeness (QED) is 0.167. The Hall–Kier alpha value is -7.13. The number of fused-ring (bicyclic) bond motifs is 2. The fourth-order valence-electron chi connectivity index (χ4n) is 6.02. The smallest absolute Gasteiger partial charge is 0.344 e. The highest BCUT2D eigenvalue weighted by Gasteiger charge is 2.13. The molecule has 9 rings (SSSR count). The highest BCUT2D eigenvalue weighted by molar-refractivity contribution is 5.84. The topological polar surface area (TPSA) is 109 Å². The SMILES string of the molecule is Cc1ccn(-c2ccc3cc(-c4ccccc4)c(=O)oc3c2)n1.Cc1nn(-c2ccc3cc(-c4ccccc4)c(=O)oc3c2)nc1-c1ccccc1. The number of hydrogen-bond acceptors (Lipinski definition) is 7. The van der Waals surface area contributed by atoms with Crippen LogP contribution in [-0.4, -0.2) is 24.8 Å². The molecule has 0 radical (unpaired) electrons. The molecule has 0 aliphatic heterocycles. The van der Waals surface area contributed by atoms with Gasteiger partial charge in [-0.05, 0) is 67.4 Å². The van der Waals surface area contributed by atoms with E-state index >= 15 is 0 Å². The van der Waals surface area contributed by atoms with E-state index in [1.165, 1.54) is 0 Å². The minimum absolute atomic E-state index is 0.336. The van der Waals surface area contributed by atoms with Gasteiger partial charge in [-0.25, -0.2) is 14.3 Å². The minimum Gasteiger partial charge on any atom is -0.422 e. The molecule has 0 spiro atoms. The van der Waals surface area contributed by atoms with Crippen molar-refractivity contribution >= 4 is 21.9 Å². The first kappa shape index (κ1) is 32.1. The molecule has 252 valence electrons. The third kappa shape index (κ3) is 6.46. The summed E-state index contributed by atoms with van der Waals surface area (Å²) < 4.78 is 12.9. The Morgan fingerprint density at radius 3 is 1.52 bits per heavy atom. The lowest BCUT2D eigenvalue weighted by Gasteiger charge is -2.05. The van der Waals surface area contributed by atoms with Crippen LogP contribution in [0.4, 0.5) is 0 Å². The summed E-state index contributed by atoms with van der Waals surface area (Å²) in [4.78, 5) is 26.4. The van der Waals surface area contributed by atoms with E-state index in [1.807, 2.05) is 160 Å². The van der Waals surface area contributed by atoms with Crippen molar-refractivity contribution in [2.45, 2.75) is 13.8 Å². The monoisotopic (exact) mass is 681 g/mol. The third-order valence-corrected chi connectivity index (χ3v) is 8.66. The van der Waals surface area contributed by atoms with E-state index in [4.69, 9.17) is 8.83 Å². The summed E-state index contributed by atoms with van der Waals surface area (Å²) in [6.45, 7) is 3.86. The molecule has 0 saturated carbocycles. The molecular weight excluding hydrogens is 651 g/mol. The van der Waals surface area contributed by atoms with Gasteiger partial charge in [-0.2, -0.15) is 15.0 Å². The molecular formula is C43H31N5O4. The molecule has 4 heterocycles. The van der Waals surface area contributed by atoms with E-state index < -0.39 is 0 Å². The van der Waals surface area contributed by atoms with Gasteiger partial charge < -0.3 is 8.83 Å². The van der Waals surface area contributed by atoms with Crippen molar-refractivity contribution in [1.82, 2.24) is 24.8 Å². The van der Waals surface area contributed by atoms with Gasteiger partial charge in [-0.15, -0.1) is 5.10 Å². The molecule has 0 bridgehead atoms. The van der Waals surface area contributed by atoms with Crippen LogP contribution in [0.15, 0.2) is 170 Å². The molecule has 0 fully saturated rings. The van der Waals surface area contributed by atoms with Gasteiger partial charge in [0, 0.05) is 34.7 Å². The summed E-state index contributed by atoms with van der Waals surface area (Å²) in [5, 5.41) is 15.3. The van der Waals surface area contributed by atoms with Crippen LogP contribution in [0, 0.1) is 13.8 Å². The molecule has 9 aromatic rings. The Labute approximate surface area is 297 Å². The number of hydrogen-bond donors (Lipinski definition) is 0. The number of aryl methyl sites for hydroxylation is 2. The summed E-state index contributed by atoms with van der Waals surface area (Å²) in [7, 11) is 0. The Kier molecular flexibility index (Phi) is 8.42. The highest BCUT2D eigenvalue weighted by atomic mass is 16.4. The van der Waals surface area contributed by atoms with Crippen LogP contribution in [0.2, 0.25) is 0 Å². The van der Waals surface area contributed by atoms with Gasteiger partial charge in [-0.1, -0.05) is 91.0 Å². The van der Waals surface area contributed by atoms with Gasteiger partial charge in [0.1, 0.15) is 16.9 Å². The molecule has 0 aliphatic rings. The molecule has 5 aromatic carbocycles. The predicted molar refractivity (Wildman–Crippen MR) is 203 cm³/mol. The molecule has 52 heavy (non-hydrogen) atoms. The molecule has 0 aliphatic carbocycles. The van der Waals surface area contributed by atoms with Crippen molar-refractivity contribution < 1.29 is 8.83 Å².